The molecule has 0 aliphatic carbocycles. The molecular formula is C21H25Cl3N2. The summed E-state index contributed by atoms with van der Waals surface area (Å²) in [6, 6.07) is 12.2. The van der Waals surface area contributed by atoms with E-state index < -0.39 is 0 Å². The number of alkyl halides is 1. The minimum atomic E-state index is -0.111. The second kappa shape index (κ2) is 8.84. The maximum atomic E-state index is 6.78. The summed E-state index contributed by atoms with van der Waals surface area (Å²) in [7, 11) is 0. The summed E-state index contributed by atoms with van der Waals surface area (Å²) in [5.74, 6) is 0. The summed E-state index contributed by atoms with van der Waals surface area (Å²) >= 11 is 19.8. The van der Waals surface area contributed by atoms with E-state index in [1.165, 1.54) is 5.69 Å². The molecule has 140 valence electrons. The molecule has 3 rings (SSSR count). The Balaban J connectivity index is 2.05. The standard InChI is InChI=1S/C21H25Cl3N2/c1-3-19(22)18-14-15(26-11-9-25(4-2)10-12-26)13-17(21(18)24)16-7-5-6-8-20(16)23/h5-8,13-14,19H,3-4,9-12H2,1-2H3. The number of likely N-dealkylation sites (N-methyl/N-ethyl adjacent to an activating group) is 1. The Morgan fingerprint density at radius 2 is 1.65 bits per heavy atom. The van der Waals surface area contributed by atoms with E-state index >= 15 is 0 Å². The molecule has 0 aromatic heterocycles. The van der Waals surface area contributed by atoms with Gasteiger partial charge < -0.3 is 9.80 Å². The fourth-order valence-electron chi connectivity index (χ4n) is 3.46. The number of halogens is 3. The molecule has 0 spiro atoms. The third-order valence-electron chi connectivity index (χ3n) is 5.13. The second-order valence-electron chi connectivity index (χ2n) is 6.67. The van der Waals surface area contributed by atoms with Gasteiger partial charge in [0, 0.05) is 48.0 Å². The summed E-state index contributed by atoms with van der Waals surface area (Å²) in [5, 5.41) is 1.30. The molecule has 1 aliphatic rings. The second-order valence-corrected chi connectivity index (χ2v) is 7.99. The van der Waals surface area contributed by atoms with Crippen molar-refractivity contribution in [1.29, 1.82) is 0 Å². The van der Waals surface area contributed by atoms with Gasteiger partial charge in [0.25, 0.3) is 0 Å². The Hall–Kier alpha value is -0.930. The van der Waals surface area contributed by atoms with Crippen LogP contribution in [0, 0.1) is 0 Å². The van der Waals surface area contributed by atoms with Crippen molar-refractivity contribution in [2.24, 2.45) is 0 Å². The molecule has 2 aromatic carbocycles. The van der Waals surface area contributed by atoms with E-state index in [-0.39, 0.29) is 5.38 Å². The molecule has 1 fully saturated rings. The number of hydrogen-bond donors (Lipinski definition) is 0. The van der Waals surface area contributed by atoms with Gasteiger partial charge in [0.05, 0.1) is 10.4 Å². The molecule has 0 N–H and O–H groups in total. The Morgan fingerprint density at radius 1 is 0.962 bits per heavy atom. The van der Waals surface area contributed by atoms with Gasteiger partial charge in [0.1, 0.15) is 0 Å². The number of nitrogens with zero attached hydrogens (tertiary/aromatic N) is 2. The maximum Gasteiger partial charge on any atom is 0.0598 e. The number of piperazine rings is 1. The first-order chi connectivity index (χ1) is 12.5. The van der Waals surface area contributed by atoms with Gasteiger partial charge in [0.2, 0.25) is 0 Å². The zero-order valence-electron chi connectivity index (χ0n) is 15.3. The Bertz CT molecular complexity index is 755. The largest absolute Gasteiger partial charge is 0.369 e. The summed E-state index contributed by atoms with van der Waals surface area (Å²) < 4.78 is 0. The quantitative estimate of drug-likeness (QED) is 0.519. The zero-order chi connectivity index (χ0) is 18.7. The molecule has 1 aliphatic heterocycles. The highest BCUT2D eigenvalue weighted by molar-refractivity contribution is 6.37. The molecule has 0 amide bonds. The minimum Gasteiger partial charge on any atom is -0.369 e. The van der Waals surface area contributed by atoms with Crippen molar-refractivity contribution >= 4 is 40.5 Å². The van der Waals surface area contributed by atoms with Crippen LogP contribution in [0.15, 0.2) is 36.4 Å². The van der Waals surface area contributed by atoms with Gasteiger partial charge in [-0.05, 0) is 36.7 Å². The molecule has 2 nitrogen and oxygen atoms in total. The molecule has 0 radical (unpaired) electrons. The van der Waals surface area contributed by atoms with Crippen LogP contribution < -0.4 is 4.90 Å². The third kappa shape index (κ3) is 4.14. The summed E-state index contributed by atoms with van der Waals surface area (Å²) in [5.41, 5.74) is 4.08. The summed E-state index contributed by atoms with van der Waals surface area (Å²) in [4.78, 5) is 4.89. The van der Waals surface area contributed by atoms with E-state index in [1.54, 1.807) is 0 Å². The molecule has 1 saturated heterocycles. The van der Waals surface area contributed by atoms with Gasteiger partial charge in [-0.15, -0.1) is 11.6 Å². The molecule has 5 heteroatoms. The highest BCUT2D eigenvalue weighted by Crippen LogP contribution is 2.42. The van der Waals surface area contributed by atoms with E-state index in [4.69, 9.17) is 34.8 Å². The van der Waals surface area contributed by atoms with Crippen molar-refractivity contribution in [3.63, 3.8) is 0 Å². The van der Waals surface area contributed by atoms with Gasteiger partial charge >= 0.3 is 0 Å². The normalized spacial score (nSPS) is 16.7. The number of benzene rings is 2. The van der Waals surface area contributed by atoms with Gasteiger partial charge in [-0.1, -0.05) is 55.2 Å². The monoisotopic (exact) mass is 410 g/mol. The average Bonchev–Trinajstić information content (AvgIpc) is 2.68. The lowest BCUT2D eigenvalue weighted by Gasteiger charge is -2.36. The number of rotatable bonds is 5. The van der Waals surface area contributed by atoms with Gasteiger partial charge in [-0.25, -0.2) is 0 Å². The summed E-state index contributed by atoms with van der Waals surface area (Å²) in [6.45, 7) is 9.57. The zero-order valence-corrected chi connectivity index (χ0v) is 17.6. The van der Waals surface area contributed by atoms with Crippen LogP contribution in [0.5, 0.6) is 0 Å². The predicted molar refractivity (Wildman–Crippen MR) is 115 cm³/mol. The van der Waals surface area contributed by atoms with Crippen LogP contribution in [0.4, 0.5) is 5.69 Å². The lowest BCUT2D eigenvalue weighted by atomic mass is 9.98. The van der Waals surface area contributed by atoms with Gasteiger partial charge in [0.15, 0.2) is 0 Å². The van der Waals surface area contributed by atoms with Gasteiger partial charge in [-0.2, -0.15) is 0 Å². The van der Waals surface area contributed by atoms with Crippen molar-refractivity contribution in [2.75, 3.05) is 37.6 Å². The van der Waals surface area contributed by atoms with E-state index in [1.807, 2.05) is 24.3 Å². The van der Waals surface area contributed by atoms with E-state index in [0.29, 0.717) is 10.0 Å². The molecule has 1 unspecified atom stereocenters. The first kappa shape index (κ1) is 19.8. The molecule has 26 heavy (non-hydrogen) atoms. The molecular weight excluding hydrogens is 387 g/mol. The van der Waals surface area contributed by atoms with Crippen molar-refractivity contribution in [3.8, 4) is 11.1 Å². The van der Waals surface area contributed by atoms with E-state index in [9.17, 15) is 0 Å². The van der Waals surface area contributed by atoms with Crippen LogP contribution in [-0.2, 0) is 0 Å². The predicted octanol–water partition coefficient (Wildman–Crippen LogP) is 6.49. The minimum absolute atomic E-state index is 0.111. The number of anilines is 1. The Labute approximate surface area is 171 Å². The topological polar surface area (TPSA) is 6.48 Å². The maximum absolute atomic E-state index is 6.78. The van der Waals surface area contributed by atoms with E-state index in [2.05, 4.69) is 35.8 Å². The Kier molecular flexibility index (Phi) is 6.74. The van der Waals surface area contributed by atoms with Crippen molar-refractivity contribution in [3.05, 3.63) is 52.0 Å². The van der Waals surface area contributed by atoms with Crippen molar-refractivity contribution < 1.29 is 0 Å². The van der Waals surface area contributed by atoms with Crippen molar-refractivity contribution in [1.82, 2.24) is 4.90 Å². The van der Waals surface area contributed by atoms with Crippen LogP contribution in [0.2, 0.25) is 10.0 Å². The lowest BCUT2D eigenvalue weighted by molar-refractivity contribution is 0.271. The third-order valence-corrected chi connectivity index (χ3v) is 6.43. The molecule has 1 atom stereocenters. The van der Waals surface area contributed by atoms with Crippen LogP contribution in [0.1, 0.15) is 31.2 Å². The van der Waals surface area contributed by atoms with Crippen LogP contribution in [0.25, 0.3) is 11.1 Å². The number of hydrogen-bond acceptors (Lipinski definition) is 2. The lowest BCUT2D eigenvalue weighted by Crippen LogP contribution is -2.46. The molecule has 1 heterocycles. The fraction of sp³-hybridized carbons (Fsp3) is 0.429. The first-order valence-corrected chi connectivity index (χ1v) is 10.4. The molecule has 0 bridgehead atoms. The van der Waals surface area contributed by atoms with Crippen LogP contribution in [-0.4, -0.2) is 37.6 Å². The smallest absolute Gasteiger partial charge is 0.0598 e. The highest BCUT2D eigenvalue weighted by atomic mass is 35.5. The fourth-order valence-corrected chi connectivity index (χ4v) is 4.27. The van der Waals surface area contributed by atoms with E-state index in [0.717, 1.165) is 55.8 Å². The average molecular weight is 412 g/mol. The highest BCUT2D eigenvalue weighted by Gasteiger charge is 2.22. The van der Waals surface area contributed by atoms with Crippen LogP contribution >= 0.6 is 34.8 Å². The first-order valence-electron chi connectivity index (χ1n) is 9.24. The Morgan fingerprint density at radius 3 is 2.27 bits per heavy atom. The van der Waals surface area contributed by atoms with Crippen molar-refractivity contribution in [2.45, 2.75) is 25.6 Å². The molecule has 0 saturated carbocycles. The van der Waals surface area contributed by atoms with Gasteiger partial charge in [-0.3, -0.25) is 0 Å². The summed E-state index contributed by atoms with van der Waals surface area (Å²) in [6.07, 6.45) is 0.830. The molecule has 2 aromatic rings. The SMILES string of the molecule is CCC(Cl)c1cc(N2CCN(CC)CC2)cc(-c2ccccc2Cl)c1Cl. The van der Waals surface area contributed by atoms with Crippen LogP contribution in [0.3, 0.4) is 0 Å².